The van der Waals surface area contributed by atoms with Crippen molar-refractivity contribution in [2.45, 2.75) is 33.7 Å². The third kappa shape index (κ3) is 3.41. The SMILES string of the molecule is Cc1ccccc1OCC(=O)c1c(C)c(C#N)c(=O)n(C(C)C)c1O. The quantitative estimate of drug-likeness (QED) is 0.845. The van der Waals surface area contributed by atoms with Crippen molar-refractivity contribution in [1.82, 2.24) is 4.57 Å². The lowest BCUT2D eigenvalue weighted by atomic mass is 10.0. The highest BCUT2D eigenvalue weighted by atomic mass is 16.5. The molecule has 1 aromatic carbocycles. The number of aromatic nitrogens is 1. The average Bonchev–Trinajstić information content (AvgIpc) is 2.54. The second-order valence-corrected chi connectivity index (χ2v) is 6.06. The Morgan fingerprint density at radius 3 is 2.52 bits per heavy atom. The van der Waals surface area contributed by atoms with Crippen molar-refractivity contribution in [3.05, 3.63) is 56.9 Å². The predicted octanol–water partition coefficient (Wildman–Crippen LogP) is 2.89. The van der Waals surface area contributed by atoms with Gasteiger partial charge in [0.25, 0.3) is 5.56 Å². The van der Waals surface area contributed by atoms with Crippen molar-refractivity contribution in [1.29, 1.82) is 5.26 Å². The lowest BCUT2D eigenvalue weighted by molar-refractivity contribution is 0.0915. The predicted molar refractivity (Wildman–Crippen MR) is 93.2 cm³/mol. The summed E-state index contributed by atoms with van der Waals surface area (Å²) in [6.45, 7) is 6.41. The Labute approximate surface area is 145 Å². The molecule has 0 aliphatic rings. The number of aryl methyl sites for hydroxylation is 1. The van der Waals surface area contributed by atoms with E-state index in [1.165, 1.54) is 6.92 Å². The molecule has 0 unspecified atom stereocenters. The third-order valence-electron chi connectivity index (χ3n) is 3.99. The molecule has 0 aliphatic carbocycles. The van der Waals surface area contributed by atoms with Crippen molar-refractivity contribution in [2.75, 3.05) is 6.61 Å². The molecule has 1 heterocycles. The van der Waals surface area contributed by atoms with Gasteiger partial charge in [0.05, 0.1) is 5.56 Å². The fourth-order valence-electron chi connectivity index (χ4n) is 2.67. The zero-order chi connectivity index (χ0) is 18.7. The van der Waals surface area contributed by atoms with Crippen LogP contribution >= 0.6 is 0 Å². The van der Waals surface area contributed by atoms with E-state index in [2.05, 4.69) is 0 Å². The van der Waals surface area contributed by atoms with E-state index in [9.17, 15) is 20.0 Å². The maximum Gasteiger partial charge on any atom is 0.271 e. The molecule has 2 aromatic rings. The van der Waals surface area contributed by atoms with Crippen LogP contribution in [0.4, 0.5) is 0 Å². The summed E-state index contributed by atoms with van der Waals surface area (Å²) in [6.07, 6.45) is 0. The Balaban J connectivity index is 2.46. The van der Waals surface area contributed by atoms with Crippen molar-refractivity contribution in [3.8, 4) is 17.7 Å². The van der Waals surface area contributed by atoms with Gasteiger partial charge in [-0.3, -0.25) is 14.2 Å². The van der Waals surface area contributed by atoms with E-state index >= 15 is 0 Å². The number of Topliss-reactive ketones (excluding diaryl/α,β-unsaturated/α-hetero) is 1. The number of hydrogen-bond donors (Lipinski definition) is 1. The van der Waals surface area contributed by atoms with Crippen LogP contribution in [0.2, 0.25) is 0 Å². The molecule has 6 heteroatoms. The number of ether oxygens (including phenoxy) is 1. The molecule has 0 saturated carbocycles. The summed E-state index contributed by atoms with van der Waals surface area (Å²) in [6, 6.07) is 8.68. The molecule has 0 amide bonds. The van der Waals surface area contributed by atoms with Gasteiger partial charge in [-0.05, 0) is 44.9 Å². The number of rotatable bonds is 5. The summed E-state index contributed by atoms with van der Waals surface area (Å²) >= 11 is 0. The van der Waals surface area contributed by atoms with Gasteiger partial charge in [-0.25, -0.2) is 0 Å². The van der Waals surface area contributed by atoms with Crippen LogP contribution in [0.25, 0.3) is 0 Å². The molecule has 0 spiro atoms. The van der Waals surface area contributed by atoms with E-state index in [4.69, 9.17) is 4.74 Å². The molecule has 2 rings (SSSR count). The van der Waals surface area contributed by atoms with E-state index in [1.54, 1.807) is 26.0 Å². The van der Waals surface area contributed by atoms with Gasteiger partial charge in [0, 0.05) is 6.04 Å². The summed E-state index contributed by atoms with van der Waals surface area (Å²) in [7, 11) is 0. The summed E-state index contributed by atoms with van der Waals surface area (Å²) in [5.41, 5.74) is 0.231. The van der Waals surface area contributed by atoms with Gasteiger partial charge in [0.1, 0.15) is 17.4 Å². The summed E-state index contributed by atoms with van der Waals surface area (Å²) in [5.74, 6) is -0.371. The first kappa shape index (κ1) is 18.3. The Bertz CT molecular complexity index is 920. The molecule has 6 nitrogen and oxygen atoms in total. The second-order valence-electron chi connectivity index (χ2n) is 6.06. The van der Waals surface area contributed by atoms with Crippen LogP contribution in [0.15, 0.2) is 29.1 Å². The largest absolute Gasteiger partial charge is 0.494 e. The Hall–Kier alpha value is -3.07. The maximum absolute atomic E-state index is 12.6. The third-order valence-corrected chi connectivity index (χ3v) is 3.99. The number of hydrogen-bond acceptors (Lipinski definition) is 5. The number of carbonyl (C=O) groups excluding carboxylic acids is 1. The highest BCUT2D eigenvalue weighted by molar-refractivity contribution is 6.01. The molecule has 130 valence electrons. The maximum atomic E-state index is 12.6. The lowest BCUT2D eigenvalue weighted by Gasteiger charge is -2.18. The molecular weight excluding hydrogens is 320 g/mol. The fraction of sp³-hybridized carbons (Fsp3) is 0.316. The van der Waals surface area contributed by atoms with Gasteiger partial charge < -0.3 is 9.84 Å². The number of para-hydroxylation sites is 1. The van der Waals surface area contributed by atoms with Gasteiger partial charge in [-0.15, -0.1) is 0 Å². The smallest absolute Gasteiger partial charge is 0.271 e. The van der Waals surface area contributed by atoms with Gasteiger partial charge in [0.15, 0.2) is 6.61 Å². The van der Waals surface area contributed by atoms with Gasteiger partial charge in [-0.2, -0.15) is 5.26 Å². The molecule has 25 heavy (non-hydrogen) atoms. The number of ketones is 1. The van der Waals surface area contributed by atoms with Crippen LogP contribution in [0.1, 0.15) is 46.9 Å². The number of nitriles is 1. The van der Waals surface area contributed by atoms with Crippen LogP contribution < -0.4 is 10.3 Å². The van der Waals surface area contributed by atoms with Crippen LogP contribution in [0, 0.1) is 25.2 Å². The van der Waals surface area contributed by atoms with Crippen LogP contribution in [0.5, 0.6) is 11.6 Å². The zero-order valence-electron chi connectivity index (χ0n) is 14.7. The molecule has 1 aromatic heterocycles. The van der Waals surface area contributed by atoms with Crippen LogP contribution in [-0.2, 0) is 0 Å². The fourth-order valence-corrected chi connectivity index (χ4v) is 2.67. The molecule has 0 fully saturated rings. The average molecular weight is 340 g/mol. The molecular formula is C19H20N2O4. The molecule has 0 bridgehead atoms. The highest BCUT2D eigenvalue weighted by Crippen LogP contribution is 2.25. The number of nitrogens with zero attached hydrogens (tertiary/aromatic N) is 2. The Morgan fingerprint density at radius 1 is 1.32 bits per heavy atom. The molecule has 0 radical (unpaired) electrons. The number of benzene rings is 1. The lowest BCUT2D eigenvalue weighted by Crippen LogP contribution is -2.28. The topological polar surface area (TPSA) is 92.3 Å². The van der Waals surface area contributed by atoms with Crippen molar-refractivity contribution in [3.63, 3.8) is 0 Å². The van der Waals surface area contributed by atoms with Gasteiger partial charge in [-0.1, -0.05) is 18.2 Å². The Kier molecular flexibility index (Phi) is 5.28. The van der Waals surface area contributed by atoms with Crippen LogP contribution in [-0.4, -0.2) is 22.1 Å². The van der Waals surface area contributed by atoms with E-state index < -0.39 is 23.3 Å². The van der Waals surface area contributed by atoms with Crippen molar-refractivity contribution < 1.29 is 14.6 Å². The highest BCUT2D eigenvalue weighted by Gasteiger charge is 2.25. The number of aromatic hydroxyl groups is 1. The monoisotopic (exact) mass is 340 g/mol. The first-order valence-corrected chi connectivity index (χ1v) is 7.89. The standard InChI is InChI=1S/C19H20N2O4/c1-11(2)21-18(23)14(9-20)13(4)17(19(21)24)15(22)10-25-16-8-6-5-7-12(16)3/h5-8,11,24H,10H2,1-4H3. The molecule has 1 N–H and O–H groups in total. The number of carbonyl (C=O) groups is 1. The normalized spacial score (nSPS) is 10.6. The minimum Gasteiger partial charge on any atom is -0.494 e. The summed E-state index contributed by atoms with van der Waals surface area (Å²) in [5, 5.41) is 19.7. The Morgan fingerprint density at radius 2 is 1.96 bits per heavy atom. The summed E-state index contributed by atoms with van der Waals surface area (Å²) in [4.78, 5) is 24.9. The molecule has 0 aliphatic heterocycles. The molecule has 0 atom stereocenters. The molecule has 0 saturated heterocycles. The van der Waals surface area contributed by atoms with E-state index in [-0.39, 0.29) is 23.3 Å². The summed E-state index contributed by atoms with van der Waals surface area (Å²) < 4.78 is 6.58. The first-order valence-electron chi connectivity index (χ1n) is 7.89. The number of pyridine rings is 1. The van der Waals surface area contributed by atoms with Gasteiger partial charge >= 0.3 is 0 Å². The van der Waals surface area contributed by atoms with E-state index in [1.807, 2.05) is 25.1 Å². The van der Waals surface area contributed by atoms with Crippen molar-refractivity contribution >= 4 is 5.78 Å². The van der Waals surface area contributed by atoms with Crippen molar-refractivity contribution in [2.24, 2.45) is 0 Å². The van der Waals surface area contributed by atoms with Crippen LogP contribution in [0.3, 0.4) is 0 Å². The minimum absolute atomic E-state index is 0.0570. The second kappa shape index (κ2) is 7.22. The first-order chi connectivity index (χ1) is 11.8. The van der Waals surface area contributed by atoms with E-state index in [0.717, 1.165) is 10.1 Å². The van der Waals surface area contributed by atoms with E-state index in [0.29, 0.717) is 5.75 Å². The van der Waals surface area contributed by atoms with Gasteiger partial charge in [0.2, 0.25) is 11.7 Å². The zero-order valence-corrected chi connectivity index (χ0v) is 14.7. The minimum atomic E-state index is -0.608.